The van der Waals surface area contributed by atoms with Gasteiger partial charge < -0.3 is 5.32 Å². The summed E-state index contributed by atoms with van der Waals surface area (Å²) in [4.78, 5) is 31.9. The average Bonchev–Trinajstić information content (AvgIpc) is 2.53. The van der Waals surface area contributed by atoms with Gasteiger partial charge in [0, 0.05) is 36.4 Å². The number of nitrogens with zero attached hydrogens (tertiary/aromatic N) is 2. The number of amides is 1. The lowest BCUT2D eigenvalue weighted by Crippen LogP contribution is -2.22. The molecule has 0 heterocycles. The maximum Gasteiger partial charge on any atom is 0.269 e. The van der Waals surface area contributed by atoms with Crippen molar-refractivity contribution in [1.82, 2.24) is 5.32 Å². The van der Waals surface area contributed by atoms with E-state index in [9.17, 15) is 25.0 Å². The van der Waals surface area contributed by atoms with Crippen molar-refractivity contribution in [3.05, 3.63) is 79.9 Å². The van der Waals surface area contributed by atoms with Gasteiger partial charge in [0.25, 0.3) is 17.3 Å². The third-order valence-electron chi connectivity index (χ3n) is 2.94. The number of carbonyl (C=O) groups is 1. The molecule has 8 nitrogen and oxygen atoms in total. The summed E-state index contributed by atoms with van der Waals surface area (Å²) in [5, 5.41) is 23.7. The number of non-ortho nitro benzene ring substituents is 2. The highest BCUT2D eigenvalue weighted by Crippen LogP contribution is 2.13. The van der Waals surface area contributed by atoms with E-state index in [1.807, 2.05) is 0 Å². The molecule has 0 aromatic heterocycles. The van der Waals surface area contributed by atoms with Crippen molar-refractivity contribution in [1.29, 1.82) is 0 Å². The quantitative estimate of drug-likeness (QED) is 0.672. The molecule has 0 radical (unpaired) electrons. The lowest BCUT2D eigenvalue weighted by molar-refractivity contribution is -0.385. The predicted molar refractivity (Wildman–Crippen MR) is 77.4 cm³/mol. The Kier molecular flexibility index (Phi) is 4.42. The fourth-order valence-electron chi connectivity index (χ4n) is 1.75. The molecule has 2 aromatic carbocycles. The van der Waals surface area contributed by atoms with Crippen LogP contribution >= 0.6 is 0 Å². The molecule has 0 spiro atoms. The molecule has 2 aromatic rings. The summed E-state index contributed by atoms with van der Waals surface area (Å²) in [6.07, 6.45) is 0. The van der Waals surface area contributed by atoms with Crippen LogP contribution in [0.25, 0.3) is 0 Å². The second kappa shape index (κ2) is 6.44. The summed E-state index contributed by atoms with van der Waals surface area (Å²) in [7, 11) is 0. The van der Waals surface area contributed by atoms with Crippen molar-refractivity contribution < 1.29 is 14.6 Å². The third-order valence-corrected chi connectivity index (χ3v) is 2.94. The third kappa shape index (κ3) is 3.63. The van der Waals surface area contributed by atoms with E-state index in [4.69, 9.17) is 0 Å². The molecular weight excluding hydrogens is 290 g/mol. The van der Waals surface area contributed by atoms with Crippen molar-refractivity contribution in [3.63, 3.8) is 0 Å². The maximum atomic E-state index is 11.9. The van der Waals surface area contributed by atoms with Gasteiger partial charge in [-0.3, -0.25) is 25.0 Å². The Bertz CT molecular complexity index is 710. The number of benzene rings is 2. The molecule has 1 amide bonds. The molecule has 0 fully saturated rings. The minimum atomic E-state index is -0.543. The maximum absolute atomic E-state index is 11.9. The van der Waals surface area contributed by atoms with E-state index in [0.29, 0.717) is 11.1 Å². The number of nitro groups is 2. The van der Waals surface area contributed by atoms with E-state index in [2.05, 4.69) is 5.32 Å². The van der Waals surface area contributed by atoms with E-state index >= 15 is 0 Å². The molecule has 0 saturated heterocycles. The van der Waals surface area contributed by atoms with Crippen LogP contribution in [0, 0.1) is 20.2 Å². The van der Waals surface area contributed by atoms with Crippen LogP contribution in [-0.2, 0) is 6.54 Å². The molecule has 0 aliphatic heterocycles. The zero-order chi connectivity index (χ0) is 16.1. The van der Waals surface area contributed by atoms with E-state index in [1.165, 1.54) is 36.4 Å². The molecule has 0 aliphatic rings. The Morgan fingerprint density at radius 3 is 1.77 bits per heavy atom. The van der Waals surface area contributed by atoms with Gasteiger partial charge in [-0.25, -0.2) is 0 Å². The van der Waals surface area contributed by atoms with E-state index in [0.717, 1.165) is 0 Å². The van der Waals surface area contributed by atoms with Gasteiger partial charge in [-0.1, -0.05) is 12.1 Å². The van der Waals surface area contributed by atoms with Crippen molar-refractivity contribution in [2.24, 2.45) is 0 Å². The number of rotatable bonds is 5. The first-order chi connectivity index (χ1) is 10.5. The molecule has 0 unspecified atom stereocenters. The second-order valence-corrected chi connectivity index (χ2v) is 4.41. The summed E-state index contributed by atoms with van der Waals surface area (Å²) in [5.74, 6) is -0.381. The molecule has 22 heavy (non-hydrogen) atoms. The van der Waals surface area contributed by atoms with Crippen LogP contribution in [0.4, 0.5) is 11.4 Å². The summed E-state index contributed by atoms with van der Waals surface area (Å²) < 4.78 is 0. The van der Waals surface area contributed by atoms with Crippen LogP contribution in [0.1, 0.15) is 15.9 Å². The minimum absolute atomic E-state index is 0.0227. The number of nitrogens with one attached hydrogen (secondary N) is 1. The average molecular weight is 301 g/mol. The van der Waals surface area contributed by atoms with Crippen molar-refractivity contribution >= 4 is 17.3 Å². The van der Waals surface area contributed by atoms with Crippen molar-refractivity contribution in [2.75, 3.05) is 0 Å². The molecule has 112 valence electrons. The predicted octanol–water partition coefficient (Wildman–Crippen LogP) is 2.43. The van der Waals surface area contributed by atoms with Gasteiger partial charge in [0.2, 0.25) is 0 Å². The van der Waals surface area contributed by atoms with Gasteiger partial charge in [-0.2, -0.15) is 0 Å². The highest BCUT2D eigenvalue weighted by molar-refractivity contribution is 5.94. The topological polar surface area (TPSA) is 115 Å². The molecule has 0 atom stereocenters. The van der Waals surface area contributed by atoms with Gasteiger partial charge in [-0.05, 0) is 17.7 Å². The Hall–Kier alpha value is -3.29. The van der Waals surface area contributed by atoms with Gasteiger partial charge in [-0.15, -0.1) is 0 Å². The van der Waals surface area contributed by atoms with E-state index < -0.39 is 9.85 Å². The van der Waals surface area contributed by atoms with Crippen molar-refractivity contribution in [3.8, 4) is 0 Å². The number of hydrogen-bond acceptors (Lipinski definition) is 5. The lowest BCUT2D eigenvalue weighted by atomic mass is 10.1. The Balaban J connectivity index is 1.97. The van der Waals surface area contributed by atoms with Crippen LogP contribution in [0.15, 0.2) is 48.5 Å². The van der Waals surface area contributed by atoms with Gasteiger partial charge in [0.1, 0.15) is 0 Å². The summed E-state index contributed by atoms with van der Waals surface area (Å²) in [5.41, 5.74) is 0.894. The van der Waals surface area contributed by atoms with Crippen molar-refractivity contribution in [2.45, 2.75) is 6.54 Å². The fraction of sp³-hybridized carbons (Fsp3) is 0.0714. The number of hydrogen-bond donors (Lipinski definition) is 1. The largest absolute Gasteiger partial charge is 0.348 e. The first-order valence-electron chi connectivity index (χ1n) is 6.23. The molecular formula is C14H11N3O5. The smallest absolute Gasteiger partial charge is 0.269 e. The molecule has 0 aliphatic carbocycles. The normalized spacial score (nSPS) is 10.0. The molecule has 8 heteroatoms. The van der Waals surface area contributed by atoms with Crippen LogP contribution < -0.4 is 5.32 Å². The molecule has 0 bridgehead atoms. The van der Waals surface area contributed by atoms with Gasteiger partial charge in [0.05, 0.1) is 9.85 Å². The summed E-state index contributed by atoms with van der Waals surface area (Å²) >= 11 is 0. The fourth-order valence-corrected chi connectivity index (χ4v) is 1.75. The first kappa shape index (κ1) is 15.1. The Morgan fingerprint density at radius 1 is 0.864 bits per heavy atom. The lowest BCUT2D eigenvalue weighted by Gasteiger charge is -2.05. The molecule has 1 N–H and O–H groups in total. The van der Waals surface area contributed by atoms with Crippen LogP contribution in [0.5, 0.6) is 0 Å². The van der Waals surface area contributed by atoms with Gasteiger partial charge in [0.15, 0.2) is 0 Å². The summed E-state index contributed by atoms with van der Waals surface area (Å²) in [6, 6.07) is 11.0. The zero-order valence-electron chi connectivity index (χ0n) is 11.3. The Labute approximate surface area is 124 Å². The van der Waals surface area contributed by atoms with Crippen LogP contribution in [0.2, 0.25) is 0 Å². The Morgan fingerprint density at radius 2 is 1.32 bits per heavy atom. The van der Waals surface area contributed by atoms with Crippen LogP contribution in [-0.4, -0.2) is 15.8 Å². The van der Waals surface area contributed by atoms with E-state index in [1.54, 1.807) is 12.1 Å². The second-order valence-electron chi connectivity index (χ2n) is 4.41. The highest BCUT2D eigenvalue weighted by Gasteiger charge is 2.09. The number of carbonyl (C=O) groups excluding carboxylic acids is 1. The monoisotopic (exact) mass is 301 g/mol. The molecule has 2 rings (SSSR count). The molecule has 0 saturated carbocycles. The summed E-state index contributed by atoms with van der Waals surface area (Å²) in [6.45, 7) is 0.202. The zero-order valence-corrected chi connectivity index (χ0v) is 11.3. The SMILES string of the molecule is O=C(NCc1ccc([N+](=O)[O-])cc1)c1ccc([N+](=O)[O-])cc1. The minimum Gasteiger partial charge on any atom is -0.348 e. The van der Waals surface area contributed by atoms with E-state index in [-0.39, 0.29) is 23.8 Å². The first-order valence-corrected chi connectivity index (χ1v) is 6.23. The number of nitro benzene ring substituents is 2. The van der Waals surface area contributed by atoms with Crippen LogP contribution in [0.3, 0.4) is 0 Å². The standard InChI is InChI=1S/C14H11N3O5/c18-14(11-3-7-13(8-4-11)17(21)22)15-9-10-1-5-12(6-2-10)16(19)20/h1-8H,9H2,(H,15,18). The highest BCUT2D eigenvalue weighted by atomic mass is 16.6. The van der Waals surface area contributed by atoms with Gasteiger partial charge >= 0.3 is 0 Å².